The zero-order valence-corrected chi connectivity index (χ0v) is 18.4. The van der Waals surface area contributed by atoms with Gasteiger partial charge in [-0.25, -0.2) is 18.4 Å². The van der Waals surface area contributed by atoms with Crippen LogP contribution in [0.4, 0.5) is 11.4 Å². The highest BCUT2D eigenvalue weighted by molar-refractivity contribution is 7.92. The summed E-state index contributed by atoms with van der Waals surface area (Å²) in [4.78, 5) is 22.5. The molecule has 2 heterocycles. The summed E-state index contributed by atoms with van der Waals surface area (Å²) < 4.78 is 28.5. The molecule has 1 N–H and O–H groups in total. The van der Waals surface area contributed by atoms with Crippen molar-refractivity contribution < 1.29 is 13.2 Å². The number of anilines is 2. The van der Waals surface area contributed by atoms with Gasteiger partial charge in [0.15, 0.2) is 0 Å². The number of carbonyl (C=O) groups is 1. The van der Waals surface area contributed by atoms with Crippen molar-refractivity contribution in [1.29, 1.82) is 0 Å². The number of sulfonamides is 1. The molecule has 0 aliphatic carbocycles. The van der Waals surface area contributed by atoms with Gasteiger partial charge in [0.25, 0.3) is 15.9 Å². The van der Waals surface area contributed by atoms with E-state index < -0.39 is 15.9 Å². The Bertz CT molecular complexity index is 1290. The third-order valence-corrected chi connectivity index (χ3v) is 6.73. The molecule has 9 heteroatoms. The number of aromatic nitrogens is 2. The summed E-state index contributed by atoms with van der Waals surface area (Å²) in [6.07, 6.45) is 4.28. The number of amides is 1. The molecule has 1 aromatic heterocycles. The number of fused-ring (bicyclic) bond motifs is 1. The zero-order valence-electron chi connectivity index (χ0n) is 16.8. The lowest BCUT2D eigenvalue weighted by molar-refractivity contribution is 0.101. The molecule has 1 aliphatic rings. The Hall–Kier alpha value is -3.23. The molecule has 1 aliphatic heterocycles. The predicted octanol–water partition coefficient (Wildman–Crippen LogP) is 4.69. The van der Waals surface area contributed by atoms with Gasteiger partial charge in [-0.15, -0.1) is 0 Å². The maximum absolute atomic E-state index is 13.2. The SMILES string of the molecule is C=C1c2c(Cl)ccc(NS(=O)(=O)c3ccc(C(C)C)cc3)c2C(=O)N1c1cncnc1. The smallest absolute Gasteiger partial charge is 0.265 e. The summed E-state index contributed by atoms with van der Waals surface area (Å²) in [6, 6.07) is 9.64. The summed E-state index contributed by atoms with van der Waals surface area (Å²) in [6.45, 7) is 8.03. The number of nitrogens with one attached hydrogen (secondary N) is 1. The number of benzene rings is 2. The molecule has 7 nitrogen and oxygen atoms in total. The molecule has 0 saturated heterocycles. The van der Waals surface area contributed by atoms with Gasteiger partial charge in [0.05, 0.1) is 44.9 Å². The fraction of sp³-hybridized carbons (Fsp3) is 0.136. The highest BCUT2D eigenvalue weighted by Crippen LogP contribution is 2.42. The largest absolute Gasteiger partial charge is 0.279 e. The minimum Gasteiger partial charge on any atom is -0.279 e. The first-order valence-corrected chi connectivity index (χ1v) is 11.3. The van der Waals surface area contributed by atoms with E-state index in [2.05, 4.69) is 21.3 Å². The van der Waals surface area contributed by atoms with E-state index in [0.717, 1.165) is 5.56 Å². The molecule has 4 rings (SSSR count). The molecule has 1 amide bonds. The molecule has 0 unspecified atom stereocenters. The molecule has 0 radical (unpaired) electrons. The lowest BCUT2D eigenvalue weighted by atomic mass is 10.0. The van der Waals surface area contributed by atoms with E-state index in [4.69, 9.17) is 11.6 Å². The van der Waals surface area contributed by atoms with Gasteiger partial charge in [0.2, 0.25) is 0 Å². The van der Waals surface area contributed by atoms with Crippen LogP contribution in [-0.4, -0.2) is 24.3 Å². The standard InChI is InChI=1S/C22H19ClN4O3S/c1-13(2)15-4-6-17(7-5-15)31(29,30)26-19-9-8-18(23)20-14(3)27(22(28)21(19)20)16-10-24-12-25-11-16/h4-13,26H,3H2,1-2H3. The van der Waals surface area contributed by atoms with Crippen LogP contribution < -0.4 is 9.62 Å². The highest BCUT2D eigenvalue weighted by Gasteiger charge is 2.37. The zero-order chi connectivity index (χ0) is 22.3. The quantitative estimate of drug-likeness (QED) is 0.604. The van der Waals surface area contributed by atoms with Crippen molar-refractivity contribution in [3.05, 3.63) is 83.4 Å². The second kappa shape index (κ2) is 7.79. The topological polar surface area (TPSA) is 92.3 Å². The van der Waals surface area contributed by atoms with Crippen LogP contribution >= 0.6 is 11.6 Å². The summed E-state index contributed by atoms with van der Waals surface area (Å²) >= 11 is 6.34. The third-order valence-electron chi connectivity index (χ3n) is 5.04. The molecule has 0 bridgehead atoms. The second-order valence-electron chi connectivity index (χ2n) is 7.36. The van der Waals surface area contributed by atoms with E-state index in [1.54, 1.807) is 24.3 Å². The van der Waals surface area contributed by atoms with Crippen molar-refractivity contribution in [3.8, 4) is 0 Å². The number of hydrogen-bond donors (Lipinski definition) is 1. The molecule has 0 atom stereocenters. The van der Waals surface area contributed by atoms with Crippen molar-refractivity contribution in [2.75, 3.05) is 9.62 Å². The van der Waals surface area contributed by atoms with Crippen LogP contribution in [0.2, 0.25) is 5.02 Å². The summed E-state index contributed by atoms with van der Waals surface area (Å²) in [7, 11) is -3.93. The Labute approximate surface area is 185 Å². The lowest BCUT2D eigenvalue weighted by Gasteiger charge is -2.16. The minimum atomic E-state index is -3.93. The molecule has 31 heavy (non-hydrogen) atoms. The molecule has 0 spiro atoms. The van der Waals surface area contributed by atoms with Gasteiger partial charge in [-0.05, 0) is 35.7 Å². The minimum absolute atomic E-state index is 0.0955. The van der Waals surface area contributed by atoms with Crippen LogP contribution in [0, 0.1) is 0 Å². The summed E-state index contributed by atoms with van der Waals surface area (Å²) in [5, 5.41) is 0.289. The van der Waals surface area contributed by atoms with Gasteiger partial charge >= 0.3 is 0 Å². The van der Waals surface area contributed by atoms with Crippen LogP contribution in [0.15, 0.2) is 66.6 Å². The van der Waals surface area contributed by atoms with Crippen LogP contribution in [0.5, 0.6) is 0 Å². The van der Waals surface area contributed by atoms with Gasteiger partial charge < -0.3 is 0 Å². The number of hydrogen-bond acceptors (Lipinski definition) is 5. The average molecular weight is 455 g/mol. The van der Waals surface area contributed by atoms with Crippen molar-refractivity contribution in [1.82, 2.24) is 9.97 Å². The first-order valence-electron chi connectivity index (χ1n) is 9.44. The van der Waals surface area contributed by atoms with Crippen molar-refractivity contribution in [2.24, 2.45) is 0 Å². The second-order valence-corrected chi connectivity index (χ2v) is 9.45. The molecule has 158 valence electrons. The Morgan fingerprint density at radius 2 is 1.68 bits per heavy atom. The van der Waals surface area contributed by atoms with Crippen LogP contribution in [0.1, 0.15) is 41.3 Å². The van der Waals surface area contributed by atoms with Gasteiger partial charge in [0, 0.05) is 5.56 Å². The van der Waals surface area contributed by atoms with Crippen molar-refractivity contribution >= 4 is 44.6 Å². The number of nitrogens with zero attached hydrogens (tertiary/aromatic N) is 3. The van der Waals surface area contributed by atoms with Crippen LogP contribution in [0.25, 0.3) is 5.70 Å². The Morgan fingerprint density at radius 1 is 1.03 bits per heavy atom. The Balaban J connectivity index is 1.74. The highest BCUT2D eigenvalue weighted by atomic mass is 35.5. The van der Waals surface area contributed by atoms with Gasteiger partial charge in [-0.2, -0.15) is 0 Å². The van der Waals surface area contributed by atoms with E-state index in [1.807, 2.05) is 13.8 Å². The molecule has 0 fully saturated rings. The summed E-state index contributed by atoms with van der Waals surface area (Å²) in [5.74, 6) is -0.189. The number of rotatable bonds is 5. The molecular formula is C22H19ClN4O3S. The van der Waals surface area contributed by atoms with E-state index in [1.165, 1.54) is 35.8 Å². The molecule has 0 saturated carbocycles. The summed E-state index contributed by atoms with van der Waals surface area (Å²) in [5.41, 5.74) is 2.37. The fourth-order valence-electron chi connectivity index (χ4n) is 3.43. The third kappa shape index (κ3) is 3.68. The van der Waals surface area contributed by atoms with Gasteiger partial charge in [0.1, 0.15) is 6.33 Å². The van der Waals surface area contributed by atoms with E-state index in [-0.39, 0.29) is 27.1 Å². The van der Waals surface area contributed by atoms with Gasteiger partial charge in [-0.1, -0.05) is 44.2 Å². The Morgan fingerprint density at radius 3 is 2.29 bits per heavy atom. The lowest BCUT2D eigenvalue weighted by Crippen LogP contribution is -2.23. The van der Waals surface area contributed by atoms with Gasteiger partial charge in [-0.3, -0.25) is 14.4 Å². The monoisotopic (exact) mass is 454 g/mol. The maximum Gasteiger partial charge on any atom is 0.265 e. The maximum atomic E-state index is 13.2. The molecular weight excluding hydrogens is 436 g/mol. The van der Waals surface area contributed by atoms with Crippen LogP contribution in [-0.2, 0) is 10.0 Å². The van der Waals surface area contributed by atoms with E-state index >= 15 is 0 Å². The van der Waals surface area contributed by atoms with E-state index in [0.29, 0.717) is 16.9 Å². The fourth-order valence-corrected chi connectivity index (χ4v) is 4.77. The van der Waals surface area contributed by atoms with Crippen LogP contribution in [0.3, 0.4) is 0 Å². The predicted molar refractivity (Wildman–Crippen MR) is 121 cm³/mol. The van der Waals surface area contributed by atoms with Crippen molar-refractivity contribution in [2.45, 2.75) is 24.7 Å². The average Bonchev–Trinajstić information content (AvgIpc) is 3.02. The molecule has 2 aromatic carbocycles. The van der Waals surface area contributed by atoms with E-state index in [9.17, 15) is 13.2 Å². The Kier molecular flexibility index (Phi) is 5.28. The normalized spacial score (nSPS) is 13.6. The number of carbonyl (C=O) groups excluding carboxylic acids is 1. The van der Waals surface area contributed by atoms with Crippen molar-refractivity contribution in [3.63, 3.8) is 0 Å². The first-order chi connectivity index (χ1) is 14.7. The molecule has 3 aromatic rings. The first kappa shape index (κ1) is 21.0. The number of halogens is 1.